The molecule has 17 heavy (non-hydrogen) atoms. The van der Waals surface area contributed by atoms with E-state index in [0.717, 1.165) is 32.5 Å². The first-order valence-corrected chi connectivity index (χ1v) is 5.98. The van der Waals surface area contributed by atoms with Crippen LogP contribution in [0.25, 0.3) is 0 Å². The van der Waals surface area contributed by atoms with Crippen molar-refractivity contribution in [3.8, 4) is 0 Å². The van der Waals surface area contributed by atoms with Crippen molar-refractivity contribution in [1.29, 1.82) is 0 Å². The summed E-state index contributed by atoms with van der Waals surface area (Å²) >= 11 is 0. The van der Waals surface area contributed by atoms with Crippen molar-refractivity contribution in [1.82, 2.24) is 9.97 Å². The molecule has 1 aliphatic rings. The number of anilines is 1. The number of carbonyl (C=O) groups is 1. The van der Waals surface area contributed by atoms with Crippen LogP contribution in [0.4, 0.5) is 5.82 Å². The zero-order valence-electron chi connectivity index (χ0n) is 9.76. The molecule has 5 nitrogen and oxygen atoms in total. The molecule has 0 radical (unpaired) electrons. The highest BCUT2D eigenvalue weighted by molar-refractivity contribution is 5.89. The summed E-state index contributed by atoms with van der Waals surface area (Å²) in [6, 6.07) is 0. The minimum Gasteiger partial charge on any atom is -0.381 e. The van der Waals surface area contributed by atoms with E-state index in [9.17, 15) is 4.79 Å². The third-order valence-electron chi connectivity index (χ3n) is 2.95. The Morgan fingerprint density at radius 3 is 2.94 bits per heavy atom. The Kier molecular flexibility index (Phi) is 4.44. The van der Waals surface area contributed by atoms with E-state index in [0.29, 0.717) is 18.2 Å². The third-order valence-corrected chi connectivity index (χ3v) is 2.95. The number of ether oxygens (including phenoxy) is 1. The summed E-state index contributed by atoms with van der Waals surface area (Å²) in [7, 11) is 0. The second-order valence-electron chi connectivity index (χ2n) is 4.23. The van der Waals surface area contributed by atoms with E-state index in [1.807, 2.05) is 0 Å². The minimum atomic E-state index is 0.0111. The first-order valence-electron chi connectivity index (χ1n) is 5.98. The standard InChI is InChI=1S/C12H17N3O2/c16-12(15-11-9-13-5-6-14-11)2-1-10-3-7-17-8-4-10/h5-6,9-10H,1-4,7-8H2,(H,14,15,16). The topological polar surface area (TPSA) is 64.1 Å². The molecule has 1 fully saturated rings. The molecule has 5 heteroatoms. The lowest BCUT2D eigenvalue weighted by molar-refractivity contribution is -0.116. The highest BCUT2D eigenvalue weighted by Crippen LogP contribution is 2.20. The molecule has 0 bridgehead atoms. The summed E-state index contributed by atoms with van der Waals surface area (Å²) in [5, 5.41) is 2.74. The summed E-state index contributed by atoms with van der Waals surface area (Å²) in [5.74, 6) is 1.15. The Labute approximate surface area is 101 Å². The van der Waals surface area contributed by atoms with Gasteiger partial charge in [0.15, 0.2) is 5.82 Å². The van der Waals surface area contributed by atoms with Crippen LogP contribution in [0.3, 0.4) is 0 Å². The van der Waals surface area contributed by atoms with Crippen molar-refractivity contribution in [3.63, 3.8) is 0 Å². The molecule has 1 amide bonds. The Hall–Kier alpha value is -1.49. The van der Waals surface area contributed by atoms with Gasteiger partial charge in [-0.3, -0.25) is 9.78 Å². The number of amides is 1. The molecule has 1 saturated heterocycles. The molecule has 1 aromatic rings. The van der Waals surface area contributed by atoms with Gasteiger partial charge in [-0.15, -0.1) is 0 Å². The number of aromatic nitrogens is 2. The van der Waals surface area contributed by atoms with Crippen molar-refractivity contribution >= 4 is 11.7 Å². The van der Waals surface area contributed by atoms with Crippen LogP contribution >= 0.6 is 0 Å². The number of carbonyl (C=O) groups excluding carboxylic acids is 1. The molecule has 0 aliphatic carbocycles. The molecule has 2 rings (SSSR count). The molecule has 92 valence electrons. The van der Waals surface area contributed by atoms with Crippen LogP contribution < -0.4 is 5.32 Å². The molecule has 1 N–H and O–H groups in total. The van der Waals surface area contributed by atoms with Gasteiger partial charge in [0.25, 0.3) is 0 Å². The summed E-state index contributed by atoms with van der Waals surface area (Å²) in [5.41, 5.74) is 0. The van der Waals surface area contributed by atoms with Crippen LogP contribution in [0.15, 0.2) is 18.6 Å². The molecule has 2 heterocycles. The van der Waals surface area contributed by atoms with Gasteiger partial charge in [0, 0.05) is 32.0 Å². The normalized spacial score (nSPS) is 16.7. The molecule has 0 spiro atoms. The minimum absolute atomic E-state index is 0.0111. The van der Waals surface area contributed by atoms with Crippen molar-refractivity contribution in [2.45, 2.75) is 25.7 Å². The summed E-state index contributed by atoms with van der Waals surface area (Å²) < 4.78 is 5.28. The monoisotopic (exact) mass is 235 g/mol. The van der Waals surface area contributed by atoms with E-state index in [1.54, 1.807) is 18.6 Å². The molecule has 0 saturated carbocycles. The maximum absolute atomic E-state index is 11.6. The molecular weight excluding hydrogens is 218 g/mol. The molecule has 1 aliphatic heterocycles. The second kappa shape index (κ2) is 6.30. The van der Waals surface area contributed by atoms with Crippen LogP contribution in [0, 0.1) is 5.92 Å². The molecule has 0 unspecified atom stereocenters. The van der Waals surface area contributed by atoms with Gasteiger partial charge in [-0.25, -0.2) is 4.98 Å². The van der Waals surface area contributed by atoms with Crippen molar-refractivity contribution in [2.75, 3.05) is 18.5 Å². The van der Waals surface area contributed by atoms with Crippen molar-refractivity contribution in [3.05, 3.63) is 18.6 Å². The zero-order valence-corrected chi connectivity index (χ0v) is 9.76. The van der Waals surface area contributed by atoms with E-state index in [4.69, 9.17) is 4.74 Å². The van der Waals surface area contributed by atoms with E-state index < -0.39 is 0 Å². The van der Waals surface area contributed by atoms with E-state index in [2.05, 4.69) is 15.3 Å². The first kappa shape index (κ1) is 12.0. The quantitative estimate of drug-likeness (QED) is 0.861. The SMILES string of the molecule is O=C(CCC1CCOCC1)Nc1cnccn1. The van der Waals surface area contributed by atoms with E-state index in [1.165, 1.54) is 0 Å². The van der Waals surface area contributed by atoms with Gasteiger partial charge in [0.05, 0.1) is 6.20 Å². The average Bonchev–Trinajstić information content (AvgIpc) is 2.39. The summed E-state index contributed by atoms with van der Waals surface area (Å²) in [6.07, 6.45) is 8.30. The molecular formula is C12H17N3O2. The van der Waals surface area contributed by atoms with Crippen LogP contribution in [0.5, 0.6) is 0 Å². The van der Waals surface area contributed by atoms with Crippen molar-refractivity contribution in [2.24, 2.45) is 5.92 Å². The Morgan fingerprint density at radius 1 is 1.41 bits per heavy atom. The van der Waals surface area contributed by atoms with Gasteiger partial charge in [-0.05, 0) is 25.2 Å². The first-order chi connectivity index (χ1) is 8.34. The summed E-state index contributed by atoms with van der Waals surface area (Å²) in [4.78, 5) is 19.5. The van der Waals surface area contributed by atoms with E-state index in [-0.39, 0.29) is 5.91 Å². The maximum Gasteiger partial charge on any atom is 0.225 e. The number of nitrogens with zero attached hydrogens (tertiary/aromatic N) is 2. The number of hydrogen-bond donors (Lipinski definition) is 1. The van der Waals surface area contributed by atoms with Crippen molar-refractivity contribution < 1.29 is 9.53 Å². The van der Waals surface area contributed by atoms with Crippen LogP contribution in [0.2, 0.25) is 0 Å². The highest BCUT2D eigenvalue weighted by atomic mass is 16.5. The predicted molar refractivity (Wildman–Crippen MR) is 63.4 cm³/mol. The molecule has 0 atom stereocenters. The summed E-state index contributed by atoms with van der Waals surface area (Å²) in [6.45, 7) is 1.66. The Morgan fingerprint density at radius 2 is 2.24 bits per heavy atom. The molecule has 0 aromatic carbocycles. The fourth-order valence-electron chi connectivity index (χ4n) is 1.94. The van der Waals surface area contributed by atoms with Gasteiger partial charge in [0.2, 0.25) is 5.91 Å². The predicted octanol–water partition coefficient (Wildman–Crippen LogP) is 1.62. The Balaban J connectivity index is 1.70. The lowest BCUT2D eigenvalue weighted by Gasteiger charge is -2.21. The smallest absolute Gasteiger partial charge is 0.225 e. The maximum atomic E-state index is 11.6. The van der Waals surface area contributed by atoms with E-state index >= 15 is 0 Å². The van der Waals surface area contributed by atoms with Gasteiger partial charge in [0.1, 0.15) is 0 Å². The third kappa shape index (κ3) is 4.11. The zero-order chi connectivity index (χ0) is 11.9. The van der Waals surface area contributed by atoms with Crippen LogP contribution in [0.1, 0.15) is 25.7 Å². The number of nitrogens with one attached hydrogen (secondary N) is 1. The van der Waals surface area contributed by atoms with Gasteiger partial charge in [-0.2, -0.15) is 0 Å². The second-order valence-corrected chi connectivity index (χ2v) is 4.23. The number of hydrogen-bond acceptors (Lipinski definition) is 4. The van der Waals surface area contributed by atoms with Gasteiger partial charge >= 0.3 is 0 Å². The van der Waals surface area contributed by atoms with Gasteiger partial charge in [-0.1, -0.05) is 0 Å². The van der Waals surface area contributed by atoms with Gasteiger partial charge < -0.3 is 10.1 Å². The van der Waals surface area contributed by atoms with Crippen LogP contribution in [-0.2, 0) is 9.53 Å². The number of rotatable bonds is 4. The average molecular weight is 235 g/mol. The highest BCUT2D eigenvalue weighted by Gasteiger charge is 2.15. The fourth-order valence-corrected chi connectivity index (χ4v) is 1.94. The largest absolute Gasteiger partial charge is 0.381 e. The molecule has 1 aromatic heterocycles. The van der Waals surface area contributed by atoms with Crippen LogP contribution in [-0.4, -0.2) is 29.1 Å². The fraction of sp³-hybridized carbons (Fsp3) is 0.583. The lowest BCUT2D eigenvalue weighted by atomic mass is 9.95. The lowest BCUT2D eigenvalue weighted by Crippen LogP contribution is -2.19. The Bertz CT molecular complexity index is 350.